The van der Waals surface area contributed by atoms with E-state index >= 15 is 0 Å². The quantitative estimate of drug-likeness (QED) is 0.535. The second-order valence-electron chi connectivity index (χ2n) is 1.88. The summed E-state index contributed by atoms with van der Waals surface area (Å²) < 4.78 is 0.343. The summed E-state index contributed by atoms with van der Waals surface area (Å²) >= 11 is 4.67. The molecule has 1 aromatic heterocycles. The zero-order valence-corrected chi connectivity index (χ0v) is 6.08. The van der Waals surface area contributed by atoms with Gasteiger partial charge in [-0.25, -0.2) is 4.79 Å². The summed E-state index contributed by atoms with van der Waals surface area (Å²) in [5.41, 5.74) is 0.683. The molecule has 54 valence electrons. The van der Waals surface area contributed by atoms with Gasteiger partial charge in [0.2, 0.25) is 0 Å². The molecule has 3 N–H and O–H groups in total. The van der Waals surface area contributed by atoms with E-state index < -0.39 is 5.97 Å². The molecule has 0 aliphatic carbocycles. The fraction of sp³-hybridized carbons (Fsp3) is 0.200. The first-order valence-electron chi connectivity index (χ1n) is 2.63. The maximum atomic E-state index is 10.3. The van der Waals surface area contributed by atoms with Crippen molar-refractivity contribution in [3.8, 4) is 0 Å². The minimum atomic E-state index is -0.996. The van der Waals surface area contributed by atoms with Gasteiger partial charge in [0.15, 0.2) is 4.77 Å². The van der Waals surface area contributed by atoms with Crippen LogP contribution in [-0.4, -0.2) is 21.0 Å². The van der Waals surface area contributed by atoms with E-state index in [-0.39, 0.29) is 5.69 Å². The molecule has 0 amide bonds. The summed E-state index contributed by atoms with van der Waals surface area (Å²) in [7, 11) is 0. The molecule has 0 aliphatic rings. The van der Waals surface area contributed by atoms with E-state index in [4.69, 9.17) is 5.11 Å². The van der Waals surface area contributed by atoms with Crippen molar-refractivity contribution in [2.45, 2.75) is 6.92 Å². The molecule has 1 rings (SSSR count). The van der Waals surface area contributed by atoms with Gasteiger partial charge in [0, 0.05) is 5.69 Å². The molecule has 10 heavy (non-hydrogen) atoms. The average Bonchev–Trinajstić information content (AvgIpc) is 2.10. The number of carboxylic acid groups (broad SMARTS) is 1. The summed E-state index contributed by atoms with van der Waals surface area (Å²) in [6.07, 6.45) is 0. The van der Waals surface area contributed by atoms with E-state index in [0.29, 0.717) is 10.5 Å². The van der Waals surface area contributed by atoms with E-state index in [1.54, 1.807) is 6.92 Å². The highest BCUT2D eigenvalue weighted by molar-refractivity contribution is 7.71. The Balaban J connectivity index is 3.28. The summed E-state index contributed by atoms with van der Waals surface area (Å²) in [5, 5.41) is 8.48. The van der Waals surface area contributed by atoms with Crippen LogP contribution < -0.4 is 0 Å². The van der Waals surface area contributed by atoms with Gasteiger partial charge in [-0.05, 0) is 19.1 Å². The summed E-state index contributed by atoms with van der Waals surface area (Å²) in [6.45, 7) is 1.65. The molecule has 0 saturated carbocycles. The van der Waals surface area contributed by atoms with Gasteiger partial charge in [-0.2, -0.15) is 0 Å². The van der Waals surface area contributed by atoms with Gasteiger partial charge in [0.1, 0.15) is 5.69 Å². The van der Waals surface area contributed by atoms with Gasteiger partial charge in [-0.3, -0.25) is 0 Å². The van der Waals surface area contributed by atoms with Crippen molar-refractivity contribution in [1.82, 2.24) is 9.97 Å². The molecule has 1 aromatic rings. The number of aryl methyl sites for hydroxylation is 1. The van der Waals surface area contributed by atoms with Crippen molar-refractivity contribution in [3.05, 3.63) is 16.2 Å². The Hall–Kier alpha value is -1.10. The van der Waals surface area contributed by atoms with Gasteiger partial charge in [0.05, 0.1) is 0 Å². The molecule has 0 saturated heterocycles. The van der Waals surface area contributed by atoms with Crippen molar-refractivity contribution in [1.29, 1.82) is 0 Å². The number of aromatic nitrogens is 2. The lowest BCUT2D eigenvalue weighted by Crippen LogP contribution is -1.98. The van der Waals surface area contributed by atoms with Crippen LogP contribution in [0.5, 0.6) is 0 Å². The maximum Gasteiger partial charge on any atom is 0.354 e. The number of carboxylic acids is 1. The third-order valence-corrected chi connectivity index (χ3v) is 1.33. The molecule has 0 aliphatic heterocycles. The Morgan fingerprint density at radius 2 is 2.20 bits per heavy atom. The predicted octanol–water partition coefficient (Wildman–Crippen LogP) is 1.08. The molecule has 1 heterocycles. The van der Waals surface area contributed by atoms with Crippen LogP contribution in [0.4, 0.5) is 0 Å². The van der Waals surface area contributed by atoms with Crippen molar-refractivity contribution in [2.75, 3.05) is 0 Å². The lowest BCUT2D eigenvalue weighted by molar-refractivity contribution is 0.0690. The van der Waals surface area contributed by atoms with Crippen LogP contribution in [-0.2, 0) is 0 Å². The van der Waals surface area contributed by atoms with E-state index in [0.717, 1.165) is 0 Å². The Morgan fingerprint density at radius 3 is 2.40 bits per heavy atom. The molecular weight excluding hydrogens is 152 g/mol. The van der Waals surface area contributed by atoms with Crippen LogP contribution in [0.15, 0.2) is 0 Å². The standard InChI is InChI=1S/C5H6N2O2S/c1-2-3(4(8)9)7-5(10)6-2/h1H3,(H,8,9)(H2,6,7,10). The van der Waals surface area contributed by atoms with Gasteiger partial charge < -0.3 is 15.1 Å². The van der Waals surface area contributed by atoms with Crippen LogP contribution >= 0.6 is 12.2 Å². The molecule has 0 radical (unpaired) electrons. The third kappa shape index (κ3) is 1.08. The molecule has 0 aromatic carbocycles. The highest BCUT2D eigenvalue weighted by atomic mass is 32.1. The van der Waals surface area contributed by atoms with Crippen molar-refractivity contribution in [2.24, 2.45) is 0 Å². The number of aromatic amines is 2. The van der Waals surface area contributed by atoms with Crippen molar-refractivity contribution in [3.63, 3.8) is 0 Å². The smallest absolute Gasteiger partial charge is 0.354 e. The van der Waals surface area contributed by atoms with Crippen LogP contribution in [0, 0.1) is 11.7 Å². The van der Waals surface area contributed by atoms with Gasteiger partial charge in [0.25, 0.3) is 0 Å². The SMILES string of the molecule is Cc1[nH]c(=S)[nH]c1C(=O)O. The zero-order valence-electron chi connectivity index (χ0n) is 5.26. The molecular formula is C5H6N2O2S. The number of rotatable bonds is 1. The number of aromatic carboxylic acids is 1. The van der Waals surface area contributed by atoms with Crippen LogP contribution in [0.25, 0.3) is 0 Å². The van der Waals surface area contributed by atoms with Crippen LogP contribution in [0.3, 0.4) is 0 Å². The lowest BCUT2D eigenvalue weighted by atomic mass is 10.4. The number of carbonyl (C=O) groups is 1. The molecule has 0 unspecified atom stereocenters. The molecule has 0 bridgehead atoms. The second-order valence-corrected chi connectivity index (χ2v) is 2.29. The van der Waals surface area contributed by atoms with E-state index in [9.17, 15) is 4.79 Å². The minimum absolute atomic E-state index is 0.130. The Kier molecular flexibility index (Phi) is 1.58. The second kappa shape index (κ2) is 2.26. The van der Waals surface area contributed by atoms with Gasteiger partial charge >= 0.3 is 5.97 Å². The average molecular weight is 158 g/mol. The summed E-state index contributed by atoms with van der Waals surface area (Å²) in [4.78, 5) is 15.5. The maximum absolute atomic E-state index is 10.3. The fourth-order valence-corrected chi connectivity index (χ4v) is 0.940. The molecule has 4 nitrogen and oxygen atoms in total. The monoisotopic (exact) mass is 158 g/mol. The minimum Gasteiger partial charge on any atom is -0.477 e. The number of imidazole rings is 1. The van der Waals surface area contributed by atoms with Crippen LogP contribution in [0.2, 0.25) is 0 Å². The zero-order chi connectivity index (χ0) is 7.72. The number of H-pyrrole nitrogens is 2. The van der Waals surface area contributed by atoms with Gasteiger partial charge in [-0.1, -0.05) is 0 Å². The normalized spacial score (nSPS) is 9.70. The van der Waals surface area contributed by atoms with E-state index in [1.807, 2.05) is 0 Å². The highest BCUT2D eigenvalue weighted by Crippen LogP contribution is 2.00. The number of nitrogens with one attached hydrogen (secondary N) is 2. The van der Waals surface area contributed by atoms with Gasteiger partial charge in [-0.15, -0.1) is 0 Å². The van der Waals surface area contributed by atoms with Crippen molar-refractivity contribution >= 4 is 18.2 Å². The first kappa shape index (κ1) is 7.01. The first-order chi connectivity index (χ1) is 4.61. The van der Waals surface area contributed by atoms with E-state index in [2.05, 4.69) is 22.2 Å². The van der Waals surface area contributed by atoms with E-state index in [1.165, 1.54) is 0 Å². The lowest BCUT2D eigenvalue weighted by Gasteiger charge is -1.86. The van der Waals surface area contributed by atoms with Crippen LogP contribution in [0.1, 0.15) is 16.2 Å². The Labute approximate surface area is 61.9 Å². The predicted molar refractivity (Wildman–Crippen MR) is 37.7 cm³/mol. The molecule has 0 atom stereocenters. The highest BCUT2D eigenvalue weighted by Gasteiger charge is 2.07. The number of hydrogen-bond acceptors (Lipinski definition) is 2. The largest absolute Gasteiger partial charge is 0.477 e. The first-order valence-corrected chi connectivity index (χ1v) is 3.04. The summed E-state index contributed by atoms with van der Waals surface area (Å²) in [6, 6.07) is 0. The number of hydrogen-bond donors (Lipinski definition) is 3. The molecule has 0 spiro atoms. The molecule has 5 heteroatoms. The fourth-order valence-electron chi connectivity index (χ4n) is 0.685. The van der Waals surface area contributed by atoms with Crippen molar-refractivity contribution < 1.29 is 9.90 Å². The Morgan fingerprint density at radius 1 is 1.60 bits per heavy atom. The summed E-state index contributed by atoms with van der Waals surface area (Å²) in [5.74, 6) is -0.996. The topological polar surface area (TPSA) is 68.9 Å². The molecule has 0 fully saturated rings. The third-order valence-electron chi connectivity index (χ3n) is 1.13. The Bertz CT molecular complexity index is 312.